The predicted octanol–water partition coefficient (Wildman–Crippen LogP) is 3.63. The van der Waals surface area contributed by atoms with Crippen LogP contribution in [0.1, 0.15) is 52.6 Å². The minimum atomic E-state index is -0.536. The molecule has 0 bridgehead atoms. The number of carbonyl (C=O) groups is 4. The molecule has 3 aromatic carbocycles. The molecule has 1 aliphatic rings. The van der Waals surface area contributed by atoms with Crippen molar-refractivity contribution in [3.63, 3.8) is 0 Å². The maximum atomic E-state index is 12.6. The zero-order valence-electron chi connectivity index (χ0n) is 17.2. The molecule has 0 unspecified atom stereocenters. The average molecular weight is 429 g/mol. The molecule has 0 atom stereocenters. The molecule has 1 heterocycles. The number of rotatable bonds is 6. The molecule has 7 heteroatoms. The lowest BCUT2D eigenvalue weighted by atomic mass is 10.1. The van der Waals surface area contributed by atoms with E-state index in [2.05, 4.69) is 4.74 Å². The summed E-state index contributed by atoms with van der Waals surface area (Å²) in [5, 5.41) is 0. The largest absolute Gasteiger partial charge is 0.465 e. The first-order valence-electron chi connectivity index (χ1n) is 9.86. The summed E-state index contributed by atoms with van der Waals surface area (Å²) in [7, 11) is 1.31. The summed E-state index contributed by atoms with van der Waals surface area (Å²) in [4.78, 5) is 50.3. The van der Waals surface area contributed by atoms with Crippen LogP contribution in [0.3, 0.4) is 0 Å². The minimum Gasteiger partial charge on any atom is -0.465 e. The van der Waals surface area contributed by atoms with E-state index in [0.29, 0.717) is 33.4 Å². The molecule has 0 saturated carbocycles. The second-order valence-corrected chi connectivity index (χ2v) is 7.21. The molecule has 0 spiro atoms. The predicted molar refractivity (Wildman–Crippen MR) is 114 cm³/mol. The van der Waals surface area contributed by atoms with Gasteiger partial charge in [-0.1, -0.05) is 36.4 Å². The molecule has 3 aromatic rings. The summed E-state index contributed by atoms with van der Waals surface area (Å²) in [5.74, 6) is -1.68. The van der Waals surface area contributed by atoms with E-state index in [0.717, 1.165) is 4.90 Å². The Labute approximate surface area is 184 Å². The maximum Gasteiger partial charge on any atom is 0.338 e. The van der Waals surface area contributed by atoms with Crippen LogP contribution in [-0.2, 0) is 22.6 Å². The molecule has 0 aromatic heterocycles. The molecule has 0 fully saturated rings. The van der Waals surface area contributed by atoms with Crippen molar-refractivity contribution in [2.24, 2.45) is 0 Å². The quantitative estimate of drug-likeness (QED) is 0.439. The van der Waals surface area contributed by atoms with Gasteiger partial charge in [-0.3, -0.25) is 14.5 Å². The number of amides is 2. The summed E-state index contributed by atoms with van der Waals surface area (Å²) >= 11 is 0. The Bertz CT molecular complexity index is 1180. The smallest absolute Gasteiger partial charge is 0.338 e. The number of ether oxygens (including phenoxy) is 2. The highest BCUT2D eigenvalue weighted by molar-refractivity contribution is 6.21. The molecule has 2 amide bonds. The van der Waals surface area contributed by atoms with Gasteiger partial charge < -0.3 is 9.47 Å². The second kappa shape index (κ2) is 8.85. The van der Waals surface area contributed by atoms with E-state index in [1.165, 1.54) is 7.11 Å². The summed E-state index contributed by atoms with van der Waals surface area (Å²) in [6.45, 7) is 0.0887. The van der Waals surface area contributed by atoms with Crippen molar-refractivity contribution < 1.29 is 28.7 Å². The van der Waals surface area contributed by atoms with Gasteiger partial charge in [0, 0.05) is 0 Å². The van der Waals surface area contributed by atoms with Crippen LogP contribution in [0.25, 0.3) is 0 Å². The molecule has 0 N–H and O–H groups in total. The fraction of sp³-hybridized carbons (Fsp3) is 0.120. The van der Waals surface area contributed by atoms with E-state index in [4.69, 9.17) is 4.74 Å². The Morgan fingerprint density at radius 2 is 1.41 bits per heavy atom. The molecule has 0 saturated heterocycles. The van der Waals surface area contributed by atoms with E-state index in [-0.39, 0.29) is 25.0 Å². The number of fused-ring (bicyclic) bond motifs is 1. The molecule has 160 valence electrons. The van der Waals surface area contributed by atoms with Crippen molar-refractivity contribution in [2.75, 3.05) is 7.11 Å². The summed E-state index contributed by atoms with van der Waals surface area (Å²) in [5.41, 5.74) is 2.83. The Morgan fingerprint density at radius 1 is 0.750 bits per heavy atom. The number of methoxy groups -OCH3 is 1. The van der Waals surface area contributed by atoms with Gasteiger partial charge in [0.2, 0.25) is 0 Å². The van der Waals surface area contributed by atoms with Crippen molar-refractivity contribution in [1.29, 1.82) is 0 Å². The summed E-state index contributed by atoms with van der Waals surface area (Å²) in [6.07, 6.45) is 0. The van der Waals surface area contributed by atoms with Crippen LogP contribution in [0.15, 0.2) is 72.8 Å². The summed E-state index contributed by atoms with van der Waals surface area (Å²) < 4.78 is 10.0. The normalized spacial score (nSPS) is 12.5. The third kappa shape index (κ3) is 4.13. The highest BCUT2D eigenvalue weighted by Crippen LogP contribution is 2.24. The number of imide groups is 1. The number of benzene rings is 3. The molecular formula is C25H19NO6. The van der Waals surface area contributed by atoms with Gasteiger partial charge in [0.15, 0.2) is 0 Å². The highest BCUT2D eigenvalue weighted by atomic mass is 16.5. The van der Waals surface area contributed by atoms with Gasteiger partial charge in [-0.05, 0) is 47.5 Å². The van der Waals surface area contributed by atoms with Crippen LogP contribution >= 0.6 is 0 Å². The fourth-order valence-electron chi connectivity index (χ4n) is 3.45. The lowest BCUT2D eigenvalue weighted by molar-refractivity contribution is 0.0471. The van der Waals surface area contributed by atoms with Gasteiger partial charge in [-0.2, -0.15) is 0 Å². The van der Waals surface area contributed by atoms with Gasteiger partial charge in [-0.25, -0.2) is 9.59 Å². The lowest BCUT2D eigenvalue weighted by Gasteiger charge is -2.14. The zero-order valence-corrected chi connectivity index (χ0v) is 17.2. The third-order valence-electron chi connectivity index (χ3n) is 5.13. The van der Waals surface area contributed by atoms with Gasteiger partial charge in [0.05, 0.1) is 35.9 Å². The van der Waals surface area contributed by atoms with E-state index in [1.54, 1.807) is 72.8 Å². The van der Waals surface area contributed by atoms with Crippen LogP contribution in [0.4, 0.5) is 0 Å². The first kappa shape index (κ1) is 21.0. The first-order chi connectivity index (χ1) is 15.5. The maximum absolute atomic E-state index is 12.6. The van der Waals surface area contributed by atoms with Crippen LogP contribution in [0.2, 0.25) is 0 Å². The van der Waals surface area contributed by atoms with Crippen LogP contribution in [-0.4, -0.2) is 35.8 Å². The van der Waals surface area contributed by atoms with Crippen LogP contribution in [0.5, 0.6) is 0 Å². The number of esters is 2. The van der Waals surface area contributed by atoms with Gasteiger partial charge in [0.1, 0.15) is 6.61 Å². The van der Waals surface area contributed by atoms with Crippen molar-refractivity contribution in [2.45, 2.75) is 13.2 Å². The van der Waals surface area contributed by atoms with Crippen molar-refractivity contribution in [3.8, 4) is 0 Å². The van der Waals surface area contributed by atoms with E-state index >= 15 is 0 Å². The number of carbonyl (C=O) groups excluding carboxylic acids is 4. The van der Waals surface area contributed by atoms with Crippen LogP contribution < -0.4 is 0 Å². The Hall–Kier alpha value is -4.26. The van der Waals surface area contributed by atoms with E-state index in [9.17, 15) is 19.2 Å². The van der Waals surface area contributed by atoms with E-state index < -0.39 is 11.9 Å². The zero-order chi connectivity index (χ0) is 22.7. The average Bonchev–Trinajstić information content (AvgIpc) is 3.07. The van der Waals surface area contributed by atoms with E-state index in [1.807, 2.05) is 0 Å². The van der Waals surface area contributed by atoms with Crippen molar-refractivity contribution in [1.82, 2.24) is 4.90 Å². The number of hydrogen-bond acceptors (Lipinski definition) is 6. The Kier molecular flexibility index (Phi) is 5.81. The van der Waals surface area contributed by atoms with Crippen LogP contribution in [0, 0.1) is 0 Å². The molecule has 0 aliphatic carbocycles. The van der Waals surface area contributed by atoms with Crippen molar-refractivity contribution >= 4 is 23.8 Å². The molecule has 7 nitrogen and oxygen atoms in total. The Morgan fingerprint density at radius 3 is 2.03 bits per heavy atom. The summed E-state index contributed by atoms with van der Waals surface area (Å²) in [6, 6.07) is 19.9. The third-order valence-corrected chi connectivity index (χ3v) is 5.13. The van der Waals surface area contributed by atoms with Gasteiger partial charge in [-0.15, -0.1) is 0 Å². The minimum absolute atomic E-state index is 0.0307. The second-order valence-electron chi connectivity index (χ2n) is 7.21. The number of hydrogen-bond donors (Lipinski definition) is 0. The van der Waals surface area contributed by atoms with Crippen molar-refractivity contribution in [3.05, 3.63) is 106 Å². The molecular weight excluding hydrogens is 410 g/mol. The SMILES string of the molecule is COC(=O)c1ccc(COC(=O)c2cccc(CN3C(=O)c4ccccc4C3=O)c2)cc1. The monoisotopic (exact) mass is 429 g/mol. The number of nitrogens with zero attached hydrogens (tertiary/aromatic N) is 1. The Balaban J connectivity index is 1.41. The first-order valence-corrected chi connectivity index (χ1v) is 9.86. The van der Waals surface area contributed by atoms with Gasteiger partial charge in [0.25, 0.3) is 11.8 Å². The topological polar surface area (TPSA) is 90.0 Å². The highest BCUT2D eigenvalue weighted by Gasteiger charge is 2.35. The fourth-order valence-corrected chi connectivity index (χ4v) is 3.45. The van der Waals surface area contributed by atoms with Gasteiger partial charge >= 0.3 is 11.9 Å². The molecule has 4 rings (SSSR count). The standard InChI is InChI=1S/C25H19NO6/c1-31-24(29)18-11-9-16(10-12-18)15-32-25(30)19-6-4-5-17(13-19)14-26-22(27)20-7-2-3-8-21(20)23(26)28/h2-13H,14-15H2,1H3. The molecule has 1 aliphatic heterocycles. The molecule has 32 heavy (non-hydrogen) atoms. The molecule has 0 radical (unpaired) electrons. The lowest BCUT2D eigenvalue weighted by Crippen LogP contribution is -2.29.